The van der Waals surface area contributed by atoms with Gasteiger partial charge in [-0.15, -0.1) is 0 Å². The number of anilines is 1. The average molecular weight is 406 g/mol. The van der Waals surface area contributed by atoms with Crippen molar-refractivity contribution in [1.29, 1.82) is 5.41 Å². The Morgan fingerprint density at radius 1 is 1.39 bits per heavy atom. The van der Waals surface area contributed by atoms with Gasteiger partial charge >= 0.3 is 0 Å². The van der Waals surface area contributed by atoms with Crippen molar-refractivity contribution in [1.82, 2.24) is 19.6 Å². The van der Waals surface area contributed by atoms with Crippen LogP contribution in [0.3, 0.4) is 0 Å². The lowest BCUT2D eigenvalue weighted by atomic mass is 9.93. The van der Waals surface area contributed by atoms with E-state index in [0.717, 1.165) is 10.4 Å². The Morgan fingerprint density at radius 3 is 2.75 bits per heavy atom. The van der Waals surface area contributed by atoms with E-state index in [1.807, 2.05) is 0 Å². The zero-order valence-electron chi connectivity index (χ0n) is 15.4. The summed E-state index contributed by atoms with van der Waals surface area (Å²) in [6.45, 7) is 3.18. The van der Waals surface area contributed by atoms with Gasteiger partial charge in [-0.05, 0) is 32.0 Å². The summed E-state index contributed by atoms with van der Waals surface area (Å²) in [5.74, 6) is -2.00. The molecule has 148 valence electrons. The highest BCUT2D eigenvalue weighted by molar-refractivity contribution is 7.89. The Morgan fingerprint density at radius 2 is 2.11 bits per heavy atom. The molecule has 1 atom stereocenters. The number of carbonyl (C=O) groups excluding carboxylic acids is 1. The molecule has 0 aliphatic carbocycles. The number of guanidine groups is 1. The molecule has 2 aromatic rings. The molecule has 11 heteroatoms. The number of nitrogens with one attached hydrogen (secondary N) is 3. The Hall–Kier alpha value is -3.08. The molecule has 0 radical (unpaired) electrons. The van der Waals surface area contributed by atoms with Crippen LogP contribution in [0.15, 0.2) is 30.6 Å². The zero-order chi connectivity index (χ0) is 20.7. The first-order chi connectivity index (χ1) is 13.0. The molecule has 1 aliphatic heterocycles. The minimum atomic E-state index is -3.79. The molecule has 1 aliphatic rings. The first-order valence-corrected chi connectivity index (χ1v) is 9.86. The summed E-state index contributed by atoms with van der Waals surface area (Å²) < 4.78 is 40.0. The SMILES string of the molecule is Cc1cncc(C(=O)Nc2ccc(F)c([C@]3(C)CS(=O)(=O)N(C)C(=N)N3)c2)n1. The molecule has 0 bridgehead atoms. The first-order valence-electron chi connectivity index (χ1n) is 8.25. The molecule has 1 amide bonds. The van der Waals surface area contributed by atoms with E-state index in [-0.39, 0.29) is 22.9 Å². The van der Waals surface area contributed by atoms with Gasteiger partial charge in [-0.25, -0.2) is 22.1 Å². The minimum Gasteiger partial charge on any atom is -0.345 e. The van der Waals surface area contributed by atoms with Crippen molar-refractivity contribution >= 4 is 27.6 Å². The number of aromatic nitrogens is 2. The summed E-state index contributed by atoms with van der Waals surface area (Å²) in [5, 5.41) is 13.2. The van der Waals surface area contributed by atoms with Gasteiger partial charge in [0.1, 0.15) is 11.5 Å². The Bertz CT molecular complexity index is 1070. The van der Waals surface area contributed by atoms with E-state index >= 15 is 0 Å². The van der Waals surface area contributed by atoms with Gasteiger partial charge in [0.25, 0.3) is 5.91 Å². The van der Waals surface area contributed by atoms with E-state index in [0.29, 0.717) is 5.69 Å². The average Bonchev–Trinajstić information content (AvgIpc) is 2.61. The number of sulfonamides is 1. The van der Waals surface area contributed by atoms with Gasteiger partial charge in [0.15, 0.2) is 0 Å². The van der Waals surface area contributed by atoms with Gasteiger partial charge in [-0.1, -0.05) is 0 Å². The standard InChI is InChI=1S/C17H19FN6O3S/c1-10-7-20-8-14(21-10)15(25)22-11-4-5-13(18)12(6-11)17(2)9-28(26,27)24(3)16(19)23-17/h4-8H,9H2,1-3H3,(H2,19,23)(H,22,25)/t17-/m0/s1. The predicted octanol–water partition coefficient (Wildman–Crippen LogP) is 1.19. The molecule has 1 saturated heterocycles. The predicted molar refractivity (Wildman–Crippen MR) is 101 cm³/mol. The number of hydrogen-bond acceptors (Lipinski definition) is 6. The molecule has 0 saturated carbocycles. The molecule has 1 fully saturated rings. The van der Waals surface area contributed by atoms with Gasteiger partial charge in [0.2, 0.25) is 16.0 Å². The smallest absolute Gasteiger partial charge is 0.275 e. The molecule has 2 heterocycles. The second-order valence-corrected chi connectivity index (χ2v) is 8.72. The van der Waals surface area contributed by atoms with Crippen molar-refractivity contribution < 1.29 is 17.6 Å². The lowest BCUT2D eigenvalue weighted by molar-refractivity contribution is 0.102. The molecule has 1 aromatic heterocycles. The molecule has 3 rings (SSSR count). The number of amides is 1. The van der Waals surface area contributed by atoms with Gasteiger partial charge in [-0.2, -0.15) is 0 Å². The monoisotopic (exact) mass is 406 g/mol. The maximum atomic E-state index is 14.5. The van der Waals surface area contributed by atoms with Crippen LogP contribution in [-0.4, -0.2) is 47.4 Å². The van der Waals surface area contributed by atoms with Crippen LogP contribution < -0.4 is 10.6 Å². The van der Waals surface area contributed by atoms with E-state index in [1.165, 1.54) is 38.5 Å². The number of halogens is 1. The van der Waals surface area contributed by atoms with Crippen LogP contribution in [0.2, 0.25) is 0 Å². The molecule has 9 nitrogen and oxygen atoms in total. The van der Waals surface area contributed by atoms with E-state index in [9.17, 15) is 17.6 Å². The molecule has 1 aromatic carbocycles. The number of carbonyl (C=O) groups is 1. The molecule has 3 N–H and O–H groups in total. The first kappa shape index (κ1) is 19.7. The van der Waals surface area contributed by atoms with Gasteiger partial charge in [0.05, 0.1) is 23.2 Å². The van der Waals surface area contributed by atoms with Crippen LogP contribution >= 0.6 is 0 Å². The summed E-state index contributed by atoms with van der Waals surface area (Å²) in [6.07, 6.45) is 2.81. The number of rotatable bonds is 3. The van der Waals surface area contributed by atoms with Gasteiger partial charge in [0, 0.05) is 24.5 Å². The lowest BCUT2D eigenvalue weighted by Crippen LogP contribution is -2.61. The quantitative estimate of drug-likeness (QED) is 0.702. The summed E-state index contributed by atoms with van der Waals surface area (Å²) in [6, 6.07) is 3.84. The normalized spacial score (nSPS) is 21.1. The third-order valence-electron chi connectivity index (χ3n) is 4.40. The molecule has 28 heavy (non-hydrogen) atoms. The molecular weight excluding hydrogens is 387 g/mol. The minimum absolute atomic E-state index is 0.0158. The molecular formula is C17H19FN6O3S. The van der Waals surface area contributed by atoms with E-state index in [4.69, 9.17) is 5.41 Å². The number of nitrogens with zero attached hydrogens (tertiary/aromatic N) is 3. The van der Waals surface area contributed by atoms with E-state index in [2.05, 4.69) is 20.6 Å². The molecule has 0 unspecified atom stereocenters. The van der Waals surface area contributed by atoms with Gasteiger partial charge in [-0.3, -0.25) is 15.2 Å². The van der Waals surface area contributed by atoms with Crippen LogP contribution in [0.25, 0.3) is 0 Å². The fraction of sp³-hybridized carbons (Fsp3) is 0.294. The second kappa shape index (κ2) is 6.82. The van der Waals surface area contributed by atoms with Gasteiger partial charge < -0.3 is 10.6 Å². The van der Waals surface area contributed by atoms with Crippen LogP contribution in [0.4, 0.5) is 10.1 Å². The van der Waals surface area contributed by atoms with Crippen LogP contribution in [0.1, 0.15) is 28.7 Å². The van der Waals surface area contributed by atoms with Crippen molar-refractivity contribution in [3.8, 4) is 0 Å². The summed E-state index contributed by atoms with van der Waals surface area (Å²) in [4.78, 5) is 20.3. The fourth-order valence-corrected chi connectivity index (χ4v) is 4.39. The summed E-state index contributed by atoms with van der Waals surface area (Å²) in [7, 11) is -2.54. The van der Waals surface area contributed by atoms with Crippen LogP contribution in [0.5, 0.6) is 0 Å². The highest BCUT2D eigenvalue weighted by Crippen LogP contribution is 2.31. The van der Waals surface area contributed by atoms with Crippen LogP contribution in [-0.2, 0) is 15.6 Å². The number of aryl methyl sites for hydroxylation is 1. The maximum absolute atomic E-state index is 14.5. The van der Waals surface area contributed by atoms with Crippen molar-refractivity contribution in [2.75, 3.05) is 18.1 Å². The third-order valence-corrected chi connectivity index (χ3v) is 6.36. The summed E-state index contributed by atoms with van der Waals surface area (Å²) in [5.41, 5.74) is -0.438. The van der Waals surface area contributed by atoms with E-state index < -0.39 is 33.0 Å². The maximum Gasteiger partial charge on any atom is 0.275 e. The van der Waals surface area contributed by atoms with Crippen molar-refractivity contribution in [2.45, 2.75) is 19.4 Å². The largest absolute Gasteiger partial charge is 0.345 e. The number of hydrogen-bond donors (Lipinski definition) is 3. The lowest BCUT2D eigenvalue weighted by Gasteiger charge is -2.40. The number of benzene rings is 1. The molecule has 0 spiro atoms. The van der Waals surface area contributed by atoms with Crippen molar-refractivity contribution in [3.63, 3.8) is 0 Å². The van der Waals surface area contributed by atoms with Crippen molar-refractivity contribution in [3.05, 3.63) is 53.4 Å². The Labute approximate surface area is 161 Å². The van der Waals surface area contributed by atoms with Crippen LogP contribution in [0, 0.1) is 18.2 Å². The topological polar surface area (TPSA) is 128 Å². The second-order valence-electron chi connectivity index (χ2n) is 6.72. The third kappa shape index (κ3) is 3.65. The highest BCUT2D eigenvalue weighted by atomic mass is 32.2. The Kier molecular flexibility index (Phi) is 4.79. The Balaban J connectivity index is 1.94. The fourth-order valence-electron chi connectivity index (χ4n) is 2.92. The highest BCUT2D eigenvalue weighted by Gasteiger charge is 2.43. The van der Waals surface area contributed by atoms with E-state index in [1.54, 1.807) is 6.92 Å². The zero-order valence-corrected chi connectivity index (χ0v) is 16.3. The van der Waals surface area contributed by atoms with Crippen molar-refractivity contribution in [2.24, 2.45) is 0 Å². The summed E-state index contributed by atoms with van der Waals surface area (Å²) >= 11 is 0.